The fraction of sp³-hybridized carbons (Fsp3) is 0.571. The maximum absolute atomic E-state index is 10.8. The molecule has 9 heavy (non-hydrogen) atoms. The van der Waals surface area contributed by atoms with E-state index < -0.39 is 0 Å². The molecule has 1 saturated carbocycles. The van der Waals surface area contributed by atoms with E-state index >= 15 is 0 Å². The first-order valence-electron chi connectivity index (χ1n) is 3.09. The van der Waals surface area contributed by atoms with E-state index in [0.29, 0.717) is 6.42 Å². The summed E-state index contributed by atoms with van der Waals surface area (Å²) in [5, 5.41) is 0. The zero-order chi connectivity index (χ0) is 6.69. The summed E-state index contributed by atoms with van der Waals surface area (Å²) in [5.41, 5.74) is 0.845. The van der Waals surface area contributed by atoms with Gasteiger partial charge in [-0.25, -0.2) is 0 Å². The van der Waals surface area contributed by atoms with Crippen LogP contribution in [-0.2, 0) is 9.53 Å². The molecule has 0 unspecified atom stereocenters. The highest BCUT2D eigenvalue weighted by Crippen LogP contribution is 2.19. The van der Waals surface area contributed by atoms with Crippen LogP contribution in [0.15, 0.2) is 11.8 Å². The third-order valence-corrected chi connectivity index (χ3v) is 1.47. The van der Waals surface area contributed by atoms with Crippen LogP contribution in [0.5, 0.6) is 0 Å². The molecule has 1 rings (SSSR count). The second kappa shape index (κ2) is 2.67. The number of ether oxygens (including phenoxy) is 1. The molecule has 1 aliphatic rings. The Bertz CT molecular complexity index is 147. The molecule has 0 radical (unpaired) electrons. The van der Waals surface area contributed by atoms with Crippen molar-refractivity contribution in [1.29, 1.82) is 0 Å². The summed E-state index contributed by atoms with van der Waals surface area (Å²) in [7, 11) is 1.57. The highest BCUT2D eigenvalue weighted by atomic mass is 16.5. The molecule has 0 aromatic rings. The zero-order valence-electron chi connectivity index (χ0n) is 5.52. The van der Waals surface area contributed by atoms with Gasteiger partial charge in [0.2, 0.25) is 0 Å². The van der Waals surface area contributed by atoms with Gasteiger partial charge in [0, 0.05) is 12.0 Å². The van der Waals surface area contributed by atoms with Gasteiger partial charge in [0.05, 0.1) is 13.4 Å². The molecule has 0 aliphatic heterocycles. The van der Waals surface area contributed by atoms with E-state index in [0.717, 1.165) is 18.4 Å². The highest BCUT2D eigenvalue weighted by molar-refractivity contribution is 5.97. The summed E-state index contributed by atoms with van der Waals surface area (Å²) >= 11 is 0. The largest absolute Gasteiger partial charge is 0.504 e. The van der Waals surface area contributed by atoms with E-state index in [2.05, 4.69) is 0 Å². The molecule has 2 heteroatoms. The fourth-order valence-electron chi connectivity index (χ4n) is 1.01. The lowest BCUT2D eigenvalue weighted by molar-refractivity contribution is -0.114. The summed E-state index contributed by atoms with van der Waals surface area (Å²) in [4.78, 5) is 10.8. The lowest BCUT2D eigenvalue weighted by Gasteiger charge is -1.90. The third-order valence-electron chi connectivity index (χ3n) is 1.47. The van der Waals surface area contributed by atoms with Crippen LogP contribution in [0, 0.1) is 0 Å². The van der Waals surface area contributed by atoms with Gasteiger partial charge in [-0.2, -0.15) is 0 Å². The van der Waals surface area contributed by atoms with Crippen LogP contribution >= 0.6 is 0 Å². The average Bonchev–Trinajstić information content (AvgIpc) is 2.18. The number of hydrogen-bond acceptors (Lipinski definition) is 2. The maximum atomic E-state index is 10.8. The van der Waals surface area contributed by atoms with E-state index in [1.54, 1.807) is 13.4 Å². The molecule has 0 saturated heterocycles. The Balaban J connectivity index is 2.59. The summed E-state index contributed by atoms with van der Waals surface area (Å²) in [6.07, 6.45) is 4.14. The third kappa shape index (κ3) is 1.31. The number of methoxy groups -OCH3 is 1. The van der Waals surface area contributed by atoms with Crippen molar-refractivity contribution in [2.24, 2.45) is 0 Å². The first-order chi connectivity index (χ1) is 4.34. The Morgan fingerprint density at radius 1 is 1.56 bits per heavy atom. The number of allylic oxidation sites excluding steroid dienone is 1. The van der Waals surface area contributed by atoms with Crippen LogP contribution in [-0.4, -0.2) is 12.9 Å². The molecule has 0 amide bonds. The Morgan fingerprint density at radius 3 is 2.78 bits per heavy atom. The zero-order valence-corrected chi connectivity index (χ0v) is 5.52. The van der Waals surface area contributed by atoms with Crippen molar-refractivity contribution in [3.05, 3.63) is 11.8 Å². The van der Waals surface area contributed by atoms with Gasteiger partial charge in [-0.3, -0.25) is 4.79 Å². The minimum absolute atomic E-state index is 0.247. The quantitative estimate of drug-likeness (QED) is 0.390. The first-order valence-corrected chi connectivity index (χ1v) is 3.09. The lowest BCUT2D eigenvalue weighted by atomic mass is 10.2. The van der Waals surface area contributed by atoms with E-state index in [1.165, 1.54) is 0 Å². The van der Waals surface area contributed by atoms with Crippen LogP contribution in [0.3, 0.4) is 0 Å². The smallest absolute Gasteiger partial charge is 0.161 e. The van der Waals surface area contributed by atoms with Crippen LogP contribution in [0.25, 0.3) is 0 Å². The van der Waals surface area contributed by atoms with Gasteiger partial charge in [-0.15, -0.1) is 0 Å². The normalized spacial score (nSPS) is 23.2. The molecule has 2 nitrogen and oxygen atoms in total. The molecule has 0 atom stereocenters. The second-order valence-electron chi connectivity index (χ2n) is 2.16. The molecule has 1 fully saturated rings. The van der Waals surface area contributed by atoms with Crippen molar-refractivity contribution < 1.29 is 9.53 Å². The molecule has 0 N–H and O–H groups in total. The first kappa shape index (κ1) is 6.33. The predicted octanol–water partition coefficient (Wildman–Crippen LogP) is 1.27. The molecule has 50 valence electrons. The minimum Gasteiger partial charge on any atom is -0.504 e. The molecular formula is C7H10O2. The molecule has 0 aromatic carbocycles. The van der Waals surface area contributed by atoms with E-state index in [9.17, 15) is 4.79 Å². The number of hydrogen-bond donors (Lipinski definition) is 0. The van der Waals surface area contributed by atoms with E-state index in [1.807, 2.05) is 0 Å². The van der Waals surface area contributed by atoms with Crippen molar-refractivity contribution >= 4 is 5.78 Å². The topological polar surface area (TPSA) is 26.3 Å². The van der Waals surface area contributed by atoms with Crippen LogP contribution in [0.1, 0.15) is 19.3 Å². The number of ketones is 1. The Hall–Kier alpha value is -0.790. The fourth-order valence-corrected chi connectivity index (χ4v) is 1.01. The van der Waals surface area contributed by atoms with Gasteiger partial charge >= 0.3 is 0 Å². The number of carbonyl (C=O) groups is 1. The number of Topliss-reactive ketones (excluding diaryl/α,β-unsaturated/α-hetero) is 1. The van der Waals surface area contributed by atoms with Crippen LogP contribution in [0.2, 0.25) is 0 Å². The van der Waals surface area contributed by atoms with E-state index in [-0.39, 0.29) is 5.78 Å². The minimum atomic E-state index is 0.247. The summed E-state index contributed by atoms with van der Waals surface area (Å²) in [6, 6.07) is 0. The van der Waals surface area contributed by atoms with Crippen molar-refractivity contribution in [3.63, 3.8) is 0 Å². The summed E-state index contributed by atoms with van der Waals surface area (Å²) < 4.78 is 4.71. The average molecular weight is 126 g/mol. The van der Waals surface area contributed by atoms with Gasteiger partial charge in [0.1, 0.15) is 0 Å². The summed E-state index contributed by atoms with van der Waals surface area (Å²) in [6.45, 7) is 0. The molecule has 0 aromatic heterocycles. The molecule has 0 heterocycles. The number of rotatable bonds is 1. The van der Waals surface area contributed by atoms with Crippen molar-refractivity contribution in [2.75, 3.05) is 7.11 Å². The highest BCUT2D eigenvalue weighted by Gasteiger charge is 2.16. The lowest BCUT2D eigenvalue weighted by Crippen LogP contribution is -1.91. The molecule has 1 aliphatic carbocycles. The van der Waals surface area contributed by atoms with Crippen molar-refractivity contribution in [2.45, 2.75) is 19.3 Å². The maximum Gasteiger partial charge on any atom is 0.161 e. The van der Waals surface area contributed by atoms with Crippen molar-refractivity contribution in [3.8, 4) is 0 Å². The van der Waals surface area contributed by atoms with Gasteiger partial charge < -0.3 is 4.74 Å². The standard InChI is InChI=1S/C7H10O2/c1-9-5-6-3-2-4-7(6)8/h5H,2-4H2,1H3. The van der Waals surface area contributed by atoms with Crippen molar-refractivity contribution in [1.82, 2.24) is 0 Å². The van der Waals surface area contributed by atoms with Crippen LogP contribution < -0.4 is 0 Å². The Morgan fingerprint density at radius 2 is 2.33 bits per heavy atom. The van der Waals surface area contributed by atoms with Gasteiger partial charge in [-0.1, -0.05) is 0 Å². The number of carbonyl (C=O) groups excluding carboxylic acids is 1. The Kier molecular flexibility index (Phi) is 1.88. The summed E-state index contributed by atoms with van der Waals surface area (Å²) in [5.74, 6) is 0.247. The monoisotopic (exact) mass is 126 g/mol. The SMILES string of the molecule is COC=C1CCCC1=O. The van der Waals surface area contributed by atoms with Crippen LogP contribution in [0.4, 0.5) is 0 Å². The molecule has 0 bridgehead atoms. The van der Waals surface area contributed by atoms with Gasteiger partial charge in [-0.05, 0) is 12.8 Å². The van der Waals surface area contributed by atoms with E-state index in [4.69, 9.17) is 4.74 Å². The predicted molar refractivity (Wildman–Crippen MR) is 33.9 cm³/mol. The van der Waals surface area contributed by atoms with Gasteiger partial charge in [0.25, 0.3) is 0 Å². The molecular weight excluding hydrogens is 116 g/mol. The molecule has 0 spiro atoms. The Labute approximate surface area is 54.5 Å². The van der Waals surface area contributed by atoms with Gasteiger partial charge in [0.15, 0.2) is 5.78 Å². The second-order valence-corrected chi connectivity index (χ2v) is 2.16.